The van der Waals surface area contributed by atoms with Gasteiger partial charge in [-0.25, -0.2) is 8.42 Å². The lowest BCUT2D eigenvalue weighted by molar-refractivity contribution is -0.141. The molecule has 0 rings (SSSR count). The van der Waals surface area contributed by atoms with Crippen molar-refractivity contribution >= 4 is 15.8 Å². The van der Waals surface area contributed by atoms with E-state index in [-0.39, 0.29) is 12.2 Å². The predicted molar refractivity (Wildman–Crippen MR) is 41.1 cm³/mol. The Morgan fingerprint density at radius 1 is 1.55 bits per heavy atom. The molecule has 0 radical (unpaired) electrons. The molecule has 0 bridgehead atoms. The van der Waals surface area contributed by atoms with E-state index in [1.54, 1.807) is 0 Å². The summed E-state index contributed by atoms with van der Waals surface area (Å²) in [6.07, 6.45) is 1.29. The number of hydrogen-bond donors (Lipinski definition) is 1. The molecule has 0 amide bonds. The number of carboxylic acids is 1. The predicted octanol–water partition coefficient (Wildman–Crippen LogP) is 0.142. The lowest BCUT2D eigenvalue weighted by Gasteiger charge is -2.02. The summed E-state index contributed by atoms with van der Waals surface area (Å²) in [7, 11) is -3.02. The van der Waals surface area contributed by atoms with Gasteiger partial charge >= 0.3 is 5.97 Å². The van der Waals surface area contributed by atoms with Crippen molar-refractivity contribution in [2.24, 2.45) is 5.92 Å². The summed E-state index contributed by atoms with van der Waals surface area (Å²) in [5.74, 6) is -1.58. The van der Waals surface area contributed by atoms with E-state index in [1.165, 1.54) is 6.92 Å². The topological polar surface area (TPSA) is 71.4 Å². The first-order valence-corrected chi connectivity index (χ1v) is 5.29. The van der Waals surface area contributed by atoms with E-state index < -0.39 is 21.7 Å². The smallest absolute Gasteiger partial charge is 0.306 e. The molecule has 0 saturated carbocycles. The quantitative estimate of drug-likeness (QED) is 0.668. The van der Waals surface area contributed by atoms with Crippen LogP contribution in [0.2, 0.25) is 0 Å². The summed E-state index contributed by atoms with van der Waals surface area (Å²) in [5.41, 5.74) is 0. The van der Waals surface area contributed by atoms with Gasteiger partial charge in [0.2, 0.25) is 0 Å². The van der Waals surface area contributed by atoms with Gasteiger partial charge in [0.1, 0.15) is 9.84 Å². The van der Waals surface area contributed by atoms with Crippen LogP contribution in [0.25, 0.3) is 0 Å². The summed E-state index contributed by atoms with van der Waals surface area (Å²) < 4.78 is 21.1. The van der Waals surface area contributed by atoms with Gasteiger partial charge in [0.05, 0.1) is 11.7 Å². The van der Waals surface area contributed by atoms with Crippen molar-refractivity contribution in [1.82, 2.24) is 0 Å². The zero-order valence-electron chi connectivity index (χ0n) is 6.57. The molecule has 11 heavy (non-hydrogen) atoms. The van der Waals surface area contributed by atoms with Crippen LogP contribution in [-0.2, 0) is 14.6 Å². The lowest BCUT2D eigenvalue weighted by Crippen LogP contribution is -2.14. The first kappa shape index (κ1) is 10.4. The zero-order valence-corrected chi connectivity index (χ0v) is 7.39. The van der Waals surface area contributed by atoms with Crippen molar-refractivity contribution in [2.45, 2.75) is 13.3 Å². The standard InChI is InChI=1S/C6H12O4S/c1-5(6(7)8)3-4-11(2,9)10/h5H,3-4H2,1-2H3,(H,7,8)/t5-/m0/s1. The molecule has 0 heterocycles. The molecule has 4 nitrogen and oxygen atoms in total. The van der Waals surface area contributed by atoms with Crippen LogP contribution in [0.3, 0.4) is 0 Å². The molecular weight excluding hydrogens is 168 g/mol. The molecule has 0 aromatic heterocycles. The molecule has 66 valence electrons. The highest BCUT2D eigenvalue weighted by atomic mass is 32.2. The molecular formula is C6H12O4S. The molecule has 5 heteroatoms. The molecule has 0 fully saturated rings. The minimum atomic E-state index is -3.02. The van der Waals surface area contributed by atoms with Crippen molar-refractivity contribution in [2.75, 3.05) is 12.0 Å². The third kappa shape index (κ3) is 5.84. The van der Waals surface area contributed by atoms with E-state index in [2.05, 4.69) is 0 Å². The van der Waals surface area contributed by atoms with Gasteiger partial charge in [-0.3, -0.25) is 4.79 Å². The van der Waals surface area contributed by atoms with Gasteiger partial charge in [-0.2, -0.15) is 0 Å². The Hall–Kier alpha value is -0.580. The van der Waals surface area contributed by atoms with E-state index >= 15 is 0 Å². The fourth-order valence-corrected chi connectivity index (χ4v) is 1.30. The molecule has 0 aliphatic heterocycles. The SMILES string of the molecule is C[C@@H](CCS(C)(=O)=O)C(=O)O. The van der Waals surface area contributed by atoms with Gasteiger partial charge < -0.3 is 5.11 Å². The Labute approximate surface area is 66.1 Å². The van der Waals surface area contributed by atoms with Gasteiger partial charge in [0, 0.05) is 6.26 Å². The van der Waals surface area contributed by atoms with Gasteiger partial charge in [0.25, 0.3) is 0 Å². The van der Waals surface area contributed by atoms with Crippen LogP contribution in [0.4, 0.5) is 0 Å². The van der Waals surface area contributed by atoms with Crippen LogP contribution in [0.1, 0.15) is 13.3 Å². The average molecular weight is 180 g/mol. The third-order valence-corrected chi connectivity index (χ3v) is 2.32. The highest BCUT2D eigenvalue weighted by Gasteiger charge is 2.13. The van der Waals surface area contributed by atoms with Crippen molar-refractivity contribution < 1.29 is 18.3 Å². The Kier molecular flexibility index (Phi) is 3.51. The highest BCUT2D eigenvalue weighted by molar-refractivity contribution is 7.90. The minimum Gasteiger partial charge on any atom is -0.481 e. The van der Waals surface area contributed by atoms with Crippen LogP contribution in [0.15, 0.2) is 0 Å². The fourth-order valence-electron chi connectivity index (χ4n) is 0.514. The second-order valence-corrected chi connectivity index (χ2v) is 4.92. The van der Waals surface area contributed by atoms with Gasteiger partial charge in [-0.1, -0.05) is 6.92 Å². The summed E-state index contributed by atoms with van der Waals surface area (Å²) in [5, 5.41) is 8.38. The first-order valence-electron chi connectivity index (χ1n) is 3.23. The maximum absolute atomic E-state index is 10.6. The molecule has 0 spiro atoms. The Balaban J connectivity index is 3.82. The summed E-state index contributed by atoms with van der Waals surface area (Å²) >= 11 is 0. The van der Waals surface area contributed by atoms with Crippen LogP contribution >= 0.6 is 0 Å². The van der Waals surface area contributed by atoms with Gasteiger partial charge in [-0.05, 0) is 6.42 Å². The lowest BCUT2D eigenvalue weighted by atomic mass is 10.1. The maximum atomic E-state index is 10.6. The number of carbonyl (C=O) groups is 1. The Morgan fingerprint density at radius 2 is 2.00 bits per heavy atom. The number of sulfone groups is 1. The summed E-state index contributed by atoms with van der Waals surface area (Å²) in [6, 6.07) is 0. The minimum absolute atomic E-state index is 0.0551. The second-order valence-electron chi connectivity index (χ2n) is 2.66. The summed E-state index contributed by atoms with van der Waals surface area (Å²) in [4.78, 5) is 10.2. The fraction of sp³-hybridized carbons (Fsp3) is 0.833. The average Bonchev–Trinajstić information content (AvgIpc) is 1.80. The number of rotatable bonds is 4. The van der Waals surface area contributed by atoms with Gasteiger partial charge in [-0.15, -0.1) is 0 Å². The zero-order chi connectivity index (χ0) is 9.07. The molecule has 1 atom stereocenters. The van der Waals surface area contributed by atoms with Crippen LogP contribution in [0.5, 0.6) is 0 Å². The van der Waals surface area contributed by atoms with Crippen molar-refractivity contribution in [1.29, 1.82) is 0 Å². The number of aliphatic carboxylic acids is 1. The molecule has 1 N–H and O–H groups in total. The van der Waals surface area contributed by atoms with Crippen LogP contribution in [0, 0.1) is 5.92 Å². The molecule has 0 saturated heterocycles. The van der Waals surface area contributed by atoms with Crippen LogP contribution in [-0.4, -0.2) is 31.5 Å². The third-order valence-electron chi connectivity index (χ3n) is 1.34. The normalized spacial score (nSPS) is 14.4. The van der Waals surface area contributed by atoms with E-state index in [1.807, 2.05) is 0 Å². The highest BCUT2D eigenvalue weighted by Crippen LogP contribution is 2.03. The number of carboxylic acid groups (broad SMARTS) is 1. The molecule has 0 aromatic carbocycles. The van der Waals surface area contributed by atoms with Gasteiger partial charge in [0.15, 0.2) is 0 Å². The van der Waals surface area contributed by atoms with Crippen molar-refractivity contribution in [3.05, 3.63) is 0 Å². The van der Waals surface area contributed by atoms with Crippen molar-refractivity contribution in [3.8, 4) is 0 Å². The van der Waals surface area contributed by atoms with E-state index in [0.29, 0.717) is 0 Å². The van der Waals surface area contributed by atoms with Crippen LogP contribution < -0.4 is 0 Å². The molecule has 0 aromatic rings. The monoisotopic (exact) mass is 180 g/mol. The largest absolute Gasteiger partial charge is 0.481 e. The first-order chi connectivity index (χ1) is 4.83. The van der Waals surface area contributed by atoms with E-state index in [4.69, 9.17) is 5.11 Å². The summed E-state index contributed by atoms with van der Waals surface area (Å²) in [6.45, 7) is 1.49. The second kappa shape index (κ2) is 3.71. The number of hydrogen-bond acceptors (Lipinski definition) is 3. The van der Waals surface area contributed by atoms with E-state index in [9.17, 15) is 13.2 Å². The molecule has 0 aliphatic carbocycles. The van der Waals surface area contributed by atoms with Crippen molar-refractivity contribution in [3.63, 3.8) is 0 Å². The van der Waals surface area contributed by atoms with E-state index in [0.717, 1.165) is 6.26 Å². The molecule has 0 aliphatic rings. The Morgan fingerprint density at radius 3 is 2.27 bits per heavy atom. The molecule has 0 unspecified atom stereocenters. The Bertz CT molecular complexity index is 229. The maximum Gasteiger partial charge on any atom is 0.306 e.